The number of aryl methyl sites for hydroxylation is 1. The van der Waals surface area contributed by atoms with Gasteiger partial charge >= 0.3 is 0 Å². The minimum absolute atomic E-state index is 0.0920. The molecule has 2 heterocycles. The highest BCUT2D eigenvalue weighted by Crippen LogP contribution is 2.27. The Hall–Kier alpha value is -2.54. The van der Waals surface area contributed by atoms with Crippen molar-refractivity contribution in [1.29, 1.82) is 0 Å². The second-order valence-electron chi connectivity index (χ2n) is 7.64. The van der Waals surface area contributed by atoms with Crippen LogP contribution >= 0.6 is 0 Å². The summed E-state index contributed by atoms with van der Waals surface area (Å²) in [6.07, 6.45) is 6.91. The minimum Gasteiger partial charge on any atom is -0.493 e. The van der Waals surface area contributed by atoms with E-state index in [-0.39, 0.29) is 5.91 Å². The summed E-state index contributed by atoms with van der Waals surface area (Å²) < 4.78 is 12.8. The quantitative estimate of drug-likeness (QED) is 0.699. The number of hydrogen-bond acceptors (Lipinski definition) is 5. The molecule has 1 saturated heterocycles. The lowest BCUT2D eigenvalue weighted by molar-refractivity contribution is -0.122. The van der Waals surface area contributed by atoms with Crippen molar-refractivity contribution in [2.45, 2.75) is 32.7 Å². The summed E-state index contributed by atoms with van der Waals surface area (Å²) in [5, 5.41) is 3.03. The lowest BCUT2D eigenvalue weighted by Crippen LogP contribution is -2.42. The van der Waals surface area contributed by atoms with Crippen molar-refractivity contribution in [3.8, 4) is 11.5 Å². The number of hydrogen-bond donors (Lipinski definition) is 1. The fraction of sp³-hybridized carbons (Fsp3) is 0.545. The van der Waals surface area contributed by atoms with Gasteiger partial charge in [-0.2, -0.15) is 0 Å². The third-order valence-corrected chi connectivity index (χ3v) is 5.64. The Kier molecular flexibility index (Phi) is 7.52. The molecular formula is C22H32N4O3. The molecule has 0 saturated carbocycles. The van der Waals surface area contributed by atoms with Gasteiger partial charge in [-0.15, -0.1) is 0 Å². The smallest absolute Gasteiger partial charge is 0.234 e. The van der Waals surface area contributed by atoms with Crippen LogP contribution in [0.15, 0.2) is 30.6 Å². The third-order valence-electron chi connectivity index (χ3n) is 5.64. The van der Waals surface area contributed by atoms with E-state index >= 15 is 0 Å². The Labute approximate surface area is 173 Å². The molecule has 1 aromatic carbocycles. The molecule has 1 aliphatic rings. The zero-order valence-electron chi connectivity index (χ0n) is 17.7. The highest BCUT2D eigenvalue weighted by atomic mass is 16.5. The number of piperidine rings is 1. The molecule has 29 heavy (non-hydrogen) atoms. The highest BCUT2D eigenvalue weighted by Gasteiger charge is 2.21. The Balaban J connectivity index is 1.36. The average Bonchev–Trinajstić information content (AvgIpc) is 3.13. The summed E-state index contributed by atoms with van der Waals surface area (Å²) in [4.78, 5) is 18.8. The molecule has 0 atom stereocenters. The van der Waals surface area contributed by atoms with Gasteiger partial charge in [-0.3, -0.25) is 9.69 Å². The predicted molar refractivity (Wildman–Crippen MR) is 112 cm³/mol. The van der Waals surface area contributed by atoms with Gasteiger partial charge in [0.15, 0.2) is 11.5 Å². The summed E-state index contributed by atoms with van der Waals surface area (Å²) >= 11 is 0. The fourth-order valence-corrected chi connectivity index (χ4v) is 3.84. The number of carbonyl (C=O) groups excluding carboxylic acids is 1. The van der Waals surface area contributed by atoms with Crippen molar-refractivity contribution in [2.24, 2.45) is 5.92 Å². The molecule has 0 aliphatic carbocycles. The predicted octanol–water partition coefficient (Wildman–Crippen LogP) is 2.28. The van der Waals surface area contributed by atoms with Crippen LogP contribution in [0.3, 0.4) is 0 Å². The number of carbonyl (C=O) groups is 1. The Morgan fingerprint density at radius 3 is 2.62 bits per heavy atom. The van der Waals surface area contributed by atoms with Crippen LogP contribution in [0.1, 0.15) is 24.2 Å². The monoisotopic (exact) mass is 400 g/mol. The molecule has 1 amide bonds. The van der Waals surface area contributed by atoms with Gasteiger partial charge in [0, 0.05) is 25.5 Å². The van der Waals surface area contributed by atoms with Crippen LogP contribution in [0, 0.1) is 12.8 Å². The maximum absolute atomic E-state index is 12.3. The first kappa shape index (κ1) is 21.2. The van der Waals surface area contributed by atoms with Crippen molar-refractivity contribution < 1.29 is 14.3 Å². The highest BCUT2D eigenvalue weighted by molar-refractivity contribution is 5.78. The van der Waals surface area contributed by atoms with Gasteiger partial charge in [0.1, 0.15) is 5.82 Å². The van der Waals surface area contributed by atoms with Crippen molar-refractivity contribution in [2.75, 3.05) is 40.4 Å². The molecule has 0 unspecified atom stereocenters. The number of amides is 1. The molecule has 1 aliphatic heterocycles. The second-order valence-corrected chi connectivity index (χ2v) is 7.64. The van der Waals surface area contributed by atoms with Gasteiger partial charge in [-0.05, 0) is 62.9 Å². The normalized spacial score (nSPS) is 15.3. The van der Waals surface area contributed by atoms with Gasteiger partial charge in [-0.1, -0.05) is 6.07 Å². The molecule has 1 N–H and O–H groups in total. The van der Waals surface area contributed by atoms with E-state index in [0.29, 0.717) is 30.5 Å². The first-order valence-electron chi connectivity index (χ1n) is 10.3. The molecule has 7 heteroatoms. The van der Waals surface area contributed by atoms with Gasteiger partial charge in [0.05, 0.1) is 20.8 Å². The third kappa shape index (κ3) is 5.97. The molecule has 1 aromatic heterocycles. The number of aromatic nitrogens is 2. The van der Waals surface area contributed by atoms with E-state index in [1.807, 2.05) is 37.5 Å². The van der Waals surface area contributed by atoms with Crippen molar-refractivity contribution in [1.82, 2.24) is 19.8 Å². The molecule has 158 valence electrons. The van der Waals surface area contributed by atoms with Crippen LogP contribution in [-0.2, 0) is 17.8 Å². The average molecular weight is 401 g/mol. The van der Waals surface area contributed by atoms with Crippen LogP contribution in [0.25, 0.3) is 0 Å². The maximum atomic E-state index is 12.3. The topological polar surface area (TPSA) is 68.6 Å². The maximum Gasteiger partial charge on any atom is 0.234 e. The molecule has 7 nitrogen and oxygen atoms in total. The number of imidazole rings is 1. The summed E-state index contributed by atoms with van der Waals surface area (Å²) in [5.74, 6) is 3.25. The Morgan fingerprint density at radius 2 is 1.97 bits per heavy atom. The lowest BCUT2D eigenvalue weighted by atomic mass is 9.96. The molecule has 0 bridgehead atoms. The van der Waals surface area contributed by atoms with E-state index in [2.05, 4.69) is 19.8 Å². The van der Waals surface area contributed by atoms with E-state index in [1.54, 1.807) is 14.2 Å². The fourth-order valence-electron chi connectivity index (χ4n) is 3.84. The van der Waals surface area contributed by atoms with Gasteiger partial charge in [0.2, 0.25) is 5.91 Å². The standard InChI is InChI=1S/C22H32N4O3/c1-17-23-10-13-26(17)15-19-7-11-25(12-8-19)16-22(27)24-9-6-18-4-5-20(28-2)21(14-18)29-3/h4-5,10,13-14,19H,6-9,11-12,15-16H2,1-3H3,(H,24,27). The second kappa shape index (κ2) is 10.3. The largest absolute Gasteiger partial charge is 0.493 e. The van der Waals surface area contributed by atoms with E-state index in [9.17, 15) is 4.79 Å². The Bertz CT molecular complexity index is 797. The molecule has 3 rings (SSSR count). The zero-order valence-corrected chi connectivity index (χ0v) is 17.7. The Morgan fingerprint density at radius 1 is 1.21 bits per heavy atom. The summed E-state index contributed by atoms with van der Waals surface area (Å²) in [5.41, 5.74) is 1.11. The summed E-state index contributed by atoms with van der Waals surface area (Å²) in [6.45, 7) is 6.11. The molecule has 1 fully saturated rings. The first-order valence-corrected chi connectivity index (χ1v) is 10.3. The van der Waals surface area contributed by atoms with Gasteiger partial charge in [0.25, 0.3) is 0 Å². The van der Waals surface area contributed by atoms with Crippen LogP contribution in [-0.4, -0.2) is 60.8 Å². The summed E-state index contributed by atoms with van der Waals surface area (Å²) in [7, 11) is 3.25. The van der Waals surface area contributed by atoms with Crippen molar-refractivity contribution in [3.63, 3.8) is 0 Å². The van der Waals surface area contributed by atoms with Crippen molar-refractivity contribution >= 4 is 5.91 Å². The van der Waals surface area contributed by atoms with E-state index < -0.39 is 0 Å². The SMILES string of the molecule is COc1ccc(CCNC(=O)CN2CCC(Cn3ccnc3C)CC2)cc1OC. The van der Waals surface area contributed by atoms with Crippen LogP contribution in [0.2, 0.25) is 0 Å². The number of likely N-dealkylation sites (tertiary alicyclic amines) is 1. The number of ether oxygens (including phenoxy) is 2. The van der Waals surface area contributed by atoms with E-state index in [0.717, 1.165) is 50.3 Å². The van der Waals surface area contributed by atoms with E-state index in [4.69, 9.17) is 9.47 Å². The first-order chi connectivity index (χ1) is 14.1. The molecule has 0 spiro atoms. The zero-order chi connectivity index (χ0) is 20.6. The van der Waals surface area contributed by atoms with Crippen LogP contribution in [0.4, 0.5) is 0 Å². The van der Waals surface area contributed by atoms with Crippen LogP contribution < -0.4 is 14.8 Å². The molecular weight excluding hydrogens is 368 g/mol. The number of rotatable bonds is 9. The van der Waals surface area contributed by atoms with Crippen LogP contribution in [0.5, 0.6) is 11.5 Å². The lowest BCUT2D eigenvalue weighted by Gasteiger charge is -2.31. The van der Waals surface area contributed by atoms with Crippen molar-refractivity contribution in [3.05, 3.63) is 42.0 Å². The number of methoxy groups -OCH3 is 2. The van der Waals surface area contributed by atoms with E-state index in [1.165, 1.54) is 0 Å². The number of benzene rings is 1. The molecule has 0 radical (unpaired) electrons. The number of nitrogens with one attached hydrogen (secondary N) is 1. The van der Waals surface area contributed by atoms with Gasteiger partial charge in [-0.25, -0.2) is 4.98 Å². The number of nitrogens with zero attached hydrogens (tertiary/aromatic N) is 3. The minimum atomic E-state index is 0.0920. The summed E-state index contributed by atoms with van der Waals surface area (Å²) in [6, 6.07) is 5.85. The van der Waals surface area contributed by atoms with Gasteiger partial charge < -0.3 is 19.4 Å². The molecule has 2 aromatic rings.